The van der Waals surface area contributed by atoms with Crippen molar-refractivity contribution in [2.75, 3.05) is 19.0 Å². The van der Waals surface area contributed by atoms with Crippen LogP contribution in [0, 0.1) is 0 Å². The molecule has 2 aliphatic rings. The molecule has 1 aromatic rings. The number of ether oxygens (including phenoxy) is 1. The van der Waals surface area contributed by atoms with Gasteiger partial charge in [-0.05, 0) is 30.0 Å². The number of rotatable bonds is 3. The van der Waals surface area contributed by atoms with Crippen molar-refractivity contribution in [2.24, 2.45) is 5.73 Å². The predicted molar refractivity (Wildman–Crippen MR) is 79.1 cm³/mol. The Balaban J connectivity index is 2.06. The lowest BCUT2D eigenvalue weighted by Gasteiger charge is -2.37. The largest absolute Gasteiger partial charge is 0.495 e. The third-order valence-electron chi connectivity index (χ3n) is 4.83. The highest BCUT2D eigenvalue weighted by Gasteiger charge is 2.35. The lowest BCUT2D eigenvalue weighted by Crippen LogP contribution is -2.37. The zero-order valence-corrected chi connectivity index (χ0v) is 12.0. The van der Waals surface area contributed by atoms with E-state index in [9.17, 15) is 4.79 Å². The van der Waals surface area contributed by atoms with Crippen LogP contribution in [0.4, 0.5) is 5.69 Å². The molecule has 0 spiro atoms. The minimum atomic E-state index is 0.0425. The van der Waals surface area contributed by atoms with Crippen molar-refractivity contribution >= 4 is 11.6 Å². The summed E-state index contributed by atoms with van der Waals surface area (Å²) in [7, 11) is 1.65. The number of benzene rings is 1. The van der Waals surface area contributed by atoms with Crippen LogP contribution in [0.3, 0.4) is 0 Å². The number of nitrogens with two attached hydrogens (primary N) is 1. The van der Waals surface area contributed by atoms with Crippen LogP contribution < -0.4 is 15.8 Å². The van der Waals surface area contributed by atoms with E-state index in [-0.39, 0.29) is 11.3 Å². The molecule has 0 bridgehead atoms. The van der Waals surface area contributed by atoms with E-state index in [1.807, 2.05) is 0 Å². The van der Waals surface area contributed by atoms with E-state index in [0.29, 0.717) is 13.0 Å². The first-order valence-corrected chi connectivity index (χ1v) is 7.40. The molecule has 1 amide bonds. The van der Waals surface area contributed by atoms with Crippen LogP contribution in [-0.4, -0.2) is 19.6 Å². The molecule has 4 nitrogen and oxygen atoms in total. The molecular formula is C16H22N2O2. The molecule has 3 N–H and O–H groups in total. The van der Waals surface area contributed by atoms with Gasteiger partial charge in [0.25, 0.3) is 0 Å². The molecule has 1 aromatic carbocycles. The minimum Gasteiger partial charge on any atom is -0.495 e. The maximum absolute atomic E-state index is 11.6. The number of carbonyl (C=O) groups is 1. The number of carbonyl (C=O) groups excluding carboxylic acids is 1. The molecule has 1 fully saturated rings. The molecule has 1 aliphatic heterocycles. The number of amides is 1. The molecule has 0 aromatic heterocycles. The summed E-state index contributed by atoms with van der Waals surface area (Å²) in [5.74, 6) is 0.808. The molecule has 1 heterocycles. The van der Waals surface area contributed by atoms with Gasteiger partial charge in [0.2, 0.25) is 5.91 Å². The Morgan fingerprint density at radius 2 is 2.05 bits per heavy atom. The number of hydrogen-bond donors (Lipinski definition) is 2. The third-order valence-corrected chi connectivity index (χ3v) is 4.83. The summed E-state index contributed by atoms with van der Waals surface area (Å²) in [6.45, 7) is 0.663. The number of anilines is 1. The maximum Gasteiger partial charge on any atom is 0.228 e. The summed E-state index contributed by atoms with van der Waals surface area (Å²) in [6.07, 6.45) is 6.46. The van der Waals surface area contributed by atoms with Gasteiger partial charge in [-0.25, -0.2) is 0 Å². The highest BCUT2D eigenvalue weighted by atomic mass is 16.5. The molecular weight excluding hydrogens is 252 g/mol. The van der Waals surface area contributed by atoms with Gasteiger partial charge in [0.1, 0.15) is 5.75 Å². The van der Waals surface area contributed by atoms with Crippen molar-refractivity contribution in [3.8, 4) is 5.75 Å². The van der Waals surface area contributed by atoms with E-state index in [1.165, 1.54) is 24.8 Å². The van der Waals surface area contributed by atoms with Gasteiger partial charge in [-0.1, -0.05) is 25.3 Å². The summed E-state index contributed by atoms with van der Waals surface area (Å²) in [4.78, 5) is 11.6. The van der Waals surface area contributed by atoms with Crippen molar-refractivity contribution in [1.82, 2.24) is 0 Å². The Morgan fingerprint density at radius 1 is 1.30 bits per heavy atom. The van der Waals surface area contributed by atoms with Gasteiger partial charge in [0.15, 0.2) is 0 Å². The van der Waals surface area contributed by atoms with Gasteiger partial charge >= 0.3 is 0 Å². The van der Waals surface area contributed by atoms with Gasteiger partial charge in [0.05, 0.1) is 19.2 Å². The Bertz CT molecular complexity index is 534. The van der Waals surface area contributed by atoms with E-state index < -0.39 is 0 Å². The van der Waals surface area contributed by atoms with Gasteiger partial charge in [-0.3, -0.25) is 4.79 Å². The summed E-state index contributed by atoms with van der Waals surface area (Å²) < 4.78 is 5.47. The van der Waals surface area contributed by atoms with Crippen LogP contribution in [0.2, 0.25) is 0 Å². The molecule has 0 saturated heterocycles. The monoisotopic (exact) mass is 274 g/mol. The van der Waals surface area contributed by atoms with E-state index >= 15 is 0 Å². The van der Waals surface area contributed by atoms with Crippen LogP contribution in [0.25, 0.3) is 0 Å². The van der Waals surface area contributed by atoms with Crippen molar-refractivity contribution in [3.63, 3.8) is 0 Å². The number of nitrogens with one attached hydrogen (secondary N) is 1. The summed E-state index contributed by atoms with van der Waals surface area (Å²) >= 11 is 0. The van der Waals surface area contributed by atoms with Crippen LogP contribution >= 0.6 is 0 Å². The van der Waals surface area contributed by atoms with Crippen molar-refractivity contribution in [2.45, 2.75) is 43.9 Å². The van der Waals surface area contributed by atoms with Gasteiger partial charge in [-0.2, -0.15) is 0 Å². The van der Waals surface area contributed by atoms with Crippen molar-refractivity contribution < 1.29 is 9.53 Å². The first kappa shape index (κ1) is 13.4. The molecule has 1 aliphatic carbocycles. The zero-order valence-electron chi connectivity index (χ0n) is 12.0. The first-order chi connectivity index (χ1) is 9.68. The molecule has 108 valence electrons. The molecule has 0 unspecified atom stereocenters. The predicted octanol–water partition coefficient (Wildman–Crippen LogP) is 2.35. The Morgan fingerprint density at radius 3 is 2.70 bits per heavy atom. The summed E-state index contributed by atoms with van der Waals surface area (Å²) in [5, 5.41) is 2.88. The lowest BCUT2D eigenvalue weighted by molar-refractivity contribution is -0.115. The average Bonchev–Trinajstić information content (AvgIpc) is 2.87. The molecule has 0 atom stereocenters. The smallest absolute Gasteiger partial charge is 0.228 e. The topological polar surface area (TPSA) is 64.3 Å². The fourth-order valence-corrected chi connectivity index (χ4v) is 3.62. The second-order valence-corrected chi connectivity index (χ2v) is 5.98. The Hall–Kier alpha value is -1.55. The van der Waals surface area contributed by atoms with E-state index in [1.54, 1.807) is 7.11 Å². The fraction of sp³-hybridized carbons (Fsp3) is 0.562. The van der Waals surface area contributed by atoms with Gasteiger partial charge < -0.3 is 15.8 Å². The van der Waals surface area contributed by atoms with Gasteiger partial charge in [0, 0.05) is 12.0 Å². The van der Waals surface area contributed by atoms with E-state index in [4.69, 9.17) is 10.5 Å². The average molecular weight is 274 g/mol. The highest BCUT2D eigenvalue weighted by molar-refractivity contribution is 6.01. The zero-order chi connectivity index (χ0) is 14.2. The van der Waals surface area contributed by atoms with Crippen LogP contribution in [-0.2, 0) is 16.6 Å². The normalized spacial score (nSPS) is 20.4. The third kappa shape index (κ3) is 2.08. The van der Waals surface area contributed by atoms with Crippen LogP contribution in [0.1, 0.15) is 43.2 Å². The molecule has 3 rings (SSSR count). The Labute approximate surface area is 119 Å². The molecule has 4 heteroatoms. The maximum atomic E-state index is 11.6. The second-order valence-electron chi connectivity index (χ2n) is 5.98. The quantitative estimate of drug-likeness (QED) is 0.889. The number of methoxy groups -OCH3 is 1. The van der Waals surface area contributed by atoms with Crippen LogP contribution in [0.5, 0.6) is 5.75 Å². The molecule has 0 radical (unpaired) electrons. The van der Waals surface area contributed by atoms with Crippen molar-refractivity contribution in [1.29, 1.82) is 0 Å². The summed E-state index contributed by atoms with van der Waals surface area (Å²) in [5.41, 5.74) is 9.30. The van der Waals surface area contributed by atoms with Gasteiger partial charge in [-0.15, -0.1) is 0 Å². The first-order valence-electron chi connectivity index (χ1n) is 7.40. The van der Waals surface area contributed by atoms with Crippen molar-refractivity contribution in [3.05, 3.63) is 23.3 Å². The molecule has 1 saturated carbocycles. The summed E-state index contributed by atoms with van der Waals surface area (Å²) in [6, 6.07) is 4.23. The van der Waals surface area contributed by atoms with E-state index in [2.05, 4.69) is 17.4 Å². The standard InChI is InChI=1S/C16H22N2O2/c1-20-13-9-12(7-11-8-14(19)18-15(11)13)16(10-17)5-3-2-4-6-16/h7,9H,2-6,8,10,17H2,1H3,(H,18,19). The number of hydrogen-bond acceptors (Lipinski definition) is 3. The van der Waals surface area contributed by atoms with Crippen LogP contribution in [0.15, 0.2) is 12.1 Å². The number of fused-ring (bicyclic) bond motifs is 1. The lowest BCUT2D eigenvalue weighted by atomic mass is 9.69. The SMILES string of the molecule is COc1cc(C2(CN)CCCCC2)cc2c1NC(=O)C2. The van der Waals surface area contributed by atoms with E-state index in [0.717, 1.165) is 29.8 Å². The minimum absolute atomic E-state index is 0.0425. The molecule has 20 heavy (non-hydrogen) atoms. The highest BCUT2D eigenvalue weighted by Crippen LogP contribution is 2.43. The Kier molecular flexibility index (Phi) is 3.42. The fourth-order valence-electron chi connectivity index (χ4n) is 3.62. The second kappa shape index (κ2) is 5.09.